The van der Waals surface area contributed by atoms with Crippen LogP contribution in [0.3, 0.4) is 0 Å². The van der Waals surface area contributed by atoms with Crippen molar-refractivity contribution in [3.8, 4) is 11.6 Å². The van der Waals surface area contributed by atoms with Gasteiger partial charge in [-0.15, -0.1) is 0 Å². The highest BCUT2D eigenvalue weighted by Gasteiger charge is 2.25. The maximum Gasteiger partial charge on any atom is 0.373 e. The maximum atomic E-state index is 13.8. The molecule has 0 unspecified atom stereocenters. The quantitative estimate of drug-likeness (QED) is 0.498. The Bertz CT molecular complexity index is 984. The molecule has 132 valence electrons. The Kier molecular flexibility index (Phi) is 4.94. The van der Waals surface area contributed by atoms with E-state index in [2.05, 4.69) is 15.3 Å². The van der Waals surface area contributed by atoms with E-state index in [9.17, 15) is 14.5 Å². The Morgan fingerprint density at radius 1 is 1.23 bits per heavy atom. The van der Waals surface area contributed by atoms with Crippen LogP contribution in [0, 0.1) is 22.9 Å². The molecule has 0 saturated heterocycles. The van der Waals surface area contributed by atoms with Gasteiger partial charge in [0.2, 0.25) is 5.82 Å². The van der Waals surface area contributed by atoms with E-state index in [-0.39, 0.29) is 17.4 Å². The summed E-state index contributed by atoms with van der Waals surface area (Å²) < 4.78 is 19.3. The molecule has 0 spiro atoms. The molecule has 26 heavy (non-hydrogen) atoms. The van der Waals surface area contributed by atoms with Gasteiger partial charge in [-0.05, 0) is 42.8 Å². The molecular weight excluding hydrogens is 363 g/mol. The van der Waals surface area contributed by atoms with Crippen LogP contribution in [0.25, 0.3) is 0 Å². The first kappa shape index (κ1) is 17.6. The lowest BCUT2D eigenvalue weighted by atomic mass is 10.2. The lowest BCUT2D eigenvalue weighted by molar-refractivity contribution is -0.385. The summed E-state index contributed by atoms with van der Waals surface area (Å²) in [6, 6.07) is 10.5. The lowest BCUT2D eigenvalue weighted by Gasteiger charge is -2.10. The monoisotopic (exact) mass is 374 g/mol. The molecule has 0 bridgehead atoms. The molecule has 2 aromatic carbocycles. The number of benzene rings is 2. The fourth-order valence-electron chi connectivity index (χ4n) is 2.18. The largest absolute Gasteiger partial charge is 0.434 e. The Hall–Kier alpha value is -3.26. The molecular formula is C17H12ClFN4O3. The highest BCUT2D eigenvalue weighted by atomic mass is 35.5. The molecule has 9 heteroatoms. The van der Waals surface area contributed by atoms with E-state index in [1.807, 2.05) is 0 Å². The molecule has 3 aromatic rings. The molecule has 0 amide bonds. The minimum atomic E-state index is -0.693. The summed E-state index contributed by atoms with van der Waals surface area (Å²) >= 11 is 5.96. The molecule has 7 nitrogen and oxygen atoms in total. The fraction of sp³-hybridized carbons (Fsp3) is 0.0588. The highest BCUT2D eigenvalue weighted by Crippen LogP contribution is 2.36. The van der Waals surface area contributed by atoms with Crippen molar-refractivity contribution in [2.45, 2.75) is 6.92 Å². The Labute approximate surface area is 152 Å². The number of aromatic nitrogens is 2. The molecule has 0 radical (unpaired) electrons. The van der Waals surface area contributed by atoms with Gasteiger partial charge in [0.25, 0.3) is 0 Å². The summed E-state index contributed by atoms with van der Waals surface area (Å²) in [5, 5.41) is 14.7. The van der Waals surface area contributed by atoms with Crippen LogP contribution < -0.4 is 10.1 Å². The first-order valence-electron chi connectivity index (χ1n) is 7.40. The zero-order valence-corrected chi connectivity index (χ0v) is 14.2. The van der Waals surface area contributed by atoms with Crippen LogP contribution in [0.4, 0.5) is 21.6 Å². The first-order valence-corrected chi connectivity index (χ1v) is 7.78. The van der Waals surface area contributed by atoms with Crippen molar-refractivity contribution in [2.75, 3.05) is 5.32 Å². The number of rotatable bonds is 5. The number of aryl methyl sites for hydroxylation is 1. The second-order valence-electron chi connectivity index (χ2n) is 5.25. The molecule has 3 rings (SSSR count). The summed E-state index contributed by atoms with van der Waals surface area (Å²) in [6.45, 7) is 1.77. The van der Waals surface area contributed by atoms with Gasteiger partial charge in [0, 0.05) is 5.02 Å². The second kappa shape index (κ2) is 7.32. The van der Waals surface area contributed by atoms with E-state index >= 15 is 0 Å². The van der Waals surface area contributed by atoms with Gasteiger partial charge in [-0.2, -0.15) is 4.98 Å². The van der Waals surface area contributed by atoms with Crippen LogP contribution in [-0.4, -0.2) is 14.9 Å². The van der Waals surface area contributed by atoms with Crippen LogP contribution in [-0.2, 0) is 0 Å². The lowest BCUT2D eigenvalue weighted by Crippen LogP contribution is -2.04. The minimum Gasteiger partial charge on any atom is -0.434 e. The number of hydrogen-bond donors (Lipinski definition) is 1. The fourth-order valence-corrected chi connectivity index (χ4v) is 2.29. The van der Waals surface area contributed by atoms with Gasteiger partial charge < -0.3 is 10.1 Å². The van der Waals surface area contributed by atoms with Gasteiger partial charge in [0.05, 0.1) is 10.6 Å². The first-order chi connectivity index (χ1) is 12.5. The number of nitro groups is 1. The Morgan fingerprint density at radius 2 is 2.00 bits per heavy atom. The average molecular weight is 375 g/mol. The molecule has 0 aliphatic carbocycles. The van der Waals surface area contributed by atoms with E-state index in [1.165, 1.54) is 18.2 Å². The summed E-state index contributed by atoms with van der Waals surface area (Å²) in [4.78, 5) is 18.5. The van der Waals surface area contributed by atoms with Crippen LogP contribution in [0.15, 0.2) is 48.8 Å². The van der Waals surface area contributed by atoms with Gasteiger partial charge in [-0.3, -0.25) is 10.1 Å². The summed E-state index contributed by atoms with van der Waals surface area (Å²) in [6.07, 6.45) is 1.09. The predicted octanol–water partition coefficient (Wildman–Crippen LogP) is 5.02. The summed E-state index contributed by atoms with van der Waals surface area (Å²) in [5.41, 5.74) is 0.275. The number of nitrogens with one attached hydrogen (secondary N) is 1. The van der Waals surface area contributed by atoms with Crippen molar-refractivity contribution >= 4 is 28.8 Å². The average Bonchev–Trinajstić information content (AvgIpc) is 2.60. The number of para-hydroxylation sites is 1. The standard InChI is InChI=1S/C17H12ClFN4O3/c1-10-8-11(6-7-12(10)18)26-17-15(23(24)25)16(20-9-21-17)22-14-5-3-2-4-13(14)19/h2-9H,1H3,(H,20,21,22). The van der Waals surface area contributed by atoms with E-state index in [0.29, 0.717) is 10.8 Å². The van der Waals surface area contributed by atoms with Crippen LogP contribution >= 0.6 is 11.6 Å². The van der Waals surface area contributed by atoms with Crippen molar-refractivity contribution in [2.24, 2.45) is 0 Å². The summed E-state index contributed by atoms with van der Waals surface area (Å²) in [7, 11) is 0. The number of anilines is 2. The topological polar surface area (TPSA) is 90.2 Å². The smallest absolute Gasteiger partial charge is 0.373 e. The molecule has 0 atom stereocenters. The SMILES string of the molecule is Cc1cc(Oc2ncnc(Nc3ccccc3F)c2[N+](=O)[O-])ccc1Cl. The van der Waals surface area contributed by atoms with Gasteiger partial charge in [-0.25, -0.2) is 9.37 Å². The van der Waals surface area contributed by atoms with Gasteiger partial charge >= 0.3 is 11.6 Å². The Balaban J connectivity index is 1.99. The predicted molar refractivity (Wildman–Crippen MR) is 94.6 cm³/mol. The zero-order chi connectivity index (χ0) is 18.7. The third kappa shape index (κ3) is 3.70. The van der Waals surface area contributed by atoms with E-state index < -0.39 is 16.4 Å². The maximum absolute atomic E-state index is 13.8. The third-order valence-electron chi connectivity index (χ3n) is 3.44. The molecule has 0 saturated carbocycles. The van der Waals surface area contributed by atoms with Crippen molar-refractivity contribution in [1.29, 1.82) is 0 Å². The highest BCUT2D eigenvalue weighted by molar-refractivity contribution is 6.31. The molecule has 1 aromatic heterocycles. The Morgan fingerprint density at radius 3 is 2.69 bits per heavy atom. The summed E-state index contributed by atoms with van der Waals surface area (Å²) in [5.74, 6) is -0.705. The van der Waals surface area contributed by atoms with E-state index in [1.54, 1.807) is 31.2 Å². The number of halogens is 2. The van der Waals surface area contributed by atoms with E-state index in [0.717, 1.165) is 11.9 Å². The third-order valence-corrected chi connectivity index (χ3v) is 3.87. The van der Waals surface area contributed by atoms with Gasteiger partial charge in [0.15, 0.2) is 0 Å². The molecule has 0 aliphatic heterocycles. The van der Waals surface area contributed by atoms with Crippen molar-refractivity contribution in [3.05, 3.63) is 75.3 Å². The van der Waals surface area contributed by atoms with Crippen LogP contribution in [0.5, 0.6) is 11.6 Å². The van der Waals surface area contributed by atoms with Crippen LogP contribution in [0.2, 0.25) is 5.02 Å². The zero-order valence-electron chi connectivity index (χ0n) is 13.4. The number of hydrogen-bond acceptors (Lipinski definition) is 6. The number of nitrogens with zero attached hydrogens (tertiary/aromatic N) is 3. The normalized spacial score (nSPS) is 10.4. The van der Waals surface area contributed by atoms with Crippen molar-refractivity contribution in [1.82, 2.24) is 9.97 Å². The number of ether oxygens (including phenoxy) is 1. The second-order valence-corrected chi connectivity index (χ2v) is 5.66. The van der Waals surface area contributed by atoms with Gasteiger partial charge in [-0.1, -0.05) is 23.7 Å². The minimum absolute atomic E-state index is 0.0441. The molecule has 1 N–H and O–H groups in total. The van der Waals surface area contributed by atoms with Crippen molar-refractivity contribution in [3.63, 3.8) is 0 Å². The van der Waals surface area contributed by atoms with Crippen molar-refractivity contribution < 1.29 is 14.1 Å². The molecule has 1 heterocycles. The van der Waals surface area contributed by atoms with Crippen LogP contribution in [0.1, 0.15) is 5.56 Å². The molecule has 0 aliphatic rings. The van der Waals surface area contributed by atoms with E-state index in [4.69, 9.17) is 16.3 Å². The van der Waals surface area contributed by atoms with Gasteiger partial charge in [0.1, 0.15) is 17.9 Å². The molecule has 0 fully saturated rings.